The van der Waals surface area contributed by atoms with Gasteiger partial charge < -0.3 is 15.6 Å². The number of aromatic nitrogens is 2. The van der Waals surface area contributed by atoms with Crippen molar-refractivity contribution in [2.45, 2.75) is 12.5 Å². The van der Waals surface area contributed by atoms with Crippen molar-refractivity contribution in [1.29, 1.82) is 0 Å². The number of amides is 2. The van der Waals surface area contributed by atoms with Crippen molar-refractivity contribution in [3.05, 3.63) is 52.5 Å². The summed E-state index contributed by atoms with van der Waals surface area (Å²) in [6.45, 7) is -0.0628. The Hall–Kier alpha value is -2.32. The van der Waals surface area contributed by atoms with E-state index < -0.39 is 0 Å². The fraction of sp³-hybridized carbons (Fsp3) is 0.278. The molecule has 2 amide bonds. The molecule has 0 saturated carbocycles. The van der Waals surface area contributed by atoms with Crippen molar-refractivity contribution >= 4 is 45.9 Å². The van der Waals surface area contributed by atoms with E-state index in [0.29, 0.717) is 4.88 Å². The third kappa shape index (κ3) is 4.64. The Morgan fingerprint density at radius 2 is 2.12 bits per heavy atom. The largest absolute Gasteiger partial charge is 0.345 e. The number of benzene rings is 1. The van der Waals surface area contributed by atoms with Crippen LogP contribution in [0.25, 0.3) is 11.0 Å². The van der Waals surface area contributed by atoms with Crippen molar-refractivity contribution in [2.24, 2.45) is 0 Å². The van der Waals surface area contributed by atoms with E-state index in [4.69, 9.17) is 0 Å². The van der Waals surface area contributed by atoms with Crippen molar-refractivity contribution in [3.8, 4) is 0 Å². The molecule has 2 heterocycles. The van der Waals surface area contributed by atoms with Crippen molar-refractivity contribution in [1.82, 2.24) is 20.6 Å². The Bertz CT molecular complexity index is 843. The summed E-state index contributed by atoms with van der Waals surface area (Å²) in [6.07, 6.45) is 2.78. The lowest BCUT2D eigenvalue weighted by Crippen LogP contribution is -2.39. The number of thiophene rings is 1. The summed E-state index contributed by atoms with van der Waals surface area (Å²) >= 11 is 3.06. The van der Waals surface area contributed by atoms with Gasteiger partial charge in [-0.2, -0.15) is 11.8 Å². The van der Waals surface area contributed by atoms with E-state index in [1.165, 1.54) is 11.3 Å². The molecule has 0 bridgehead atoms. The van der Waals surface area contributed by atoms with Gasteiger partial charge in [0.15, 0.2) is 0 Å². The number of hydrogen-bond donors (Lipinski definition) is 3. The van der Waals surface area contributed by atoms with E-state index in [-0.39, 0.29) is 24.4 Å². The maximum absolute atomic E-state index is 12.3. The first kappa shape index (κ1) is 18.5. The van der Waals surface area contributed by atoms with E-state index in [1.54, 1.807) is 23.9 Å². The zero-order valence-electron chi connectivity index (χ0n) is 14.3. The number of H-pyrrole nitrogens is 1. The first-order valence-corrected chi connectivity index (χ1v) is 10.5. The third-order valence-electron chi connectivity index (χ3n) is 3.84. The number of imidazole rings is 1. The van der Waals surface area contributed by atoms with Crippen LogP contribution in [0.3, 0.4) is 0 Å². The van der Waals surface area contributed by atoms with Crippen LogP contribution < -0.4 is 10.6 Å². The zero-order valence-corrected chi connectivity index (χ0v) is 16.0. The molecular formula is C18H20N4O2S2. The lowest BCUT2D eigenvalue weighted by molar-refractivity contribution is -0.120. The fourth-order valence-corrected chi connectivity index (χ4v) is 3.66. The van der Waals surface area contributed by atoms with Crippen LogP contribution >= 0.6 is 23.1 Å². The fourth-order valence-electron chi connectivity index (χ4n) is 2.55. The maximum atomic E-state index is 12.3. The van der Waals surface area contributed by atoms with Crippen LogP contribution in [0.15, 0.2) is 41.8 Å². The molecule has 1 atom stereocenters. The van der Waals surface area contributed by atoms with Gasteiger partial charge in [-0.15, -0.1) is 11.3 Å². The minimum atomic E-state index is -0.237. The molecule has 26 heavy (non-hydrogen) atoms. The minimum Gasteiger partial charge on any atom is -0.345 e. The van der Waals surface area contributed by atoms with Gasteiger partial charge in [0, 0.05) is 0 Å². The summed E-state index contributed by atoms with van der Waals surface area (Å²) in [7, 11) is 0. The second kappa shape index (κ2) is 8.86. The first-order chi connectivity index (χ1) is 12.7. The highest BCUT2D eigenvalue weighted by Gasteiger charge is 2.18. The molecule has 0 aliphatic rings. The zero-order chi connectivity index (χ0) is 18.4. The summed E-state index contributed by atoms with van der Waals surface area (Å²) < 4.78 is 0. The van der Waals surface area contributed by atoms with E-state index in [2.05, 4.69) is 20.6 Å². The molecule has 3 N–H and O–H groups in total. The Morgan fingerprint density at radius 3 is 2.85 bits per heavy atom. The predicted molar refractivity (Wildman–Crippen MR) is 107 cm³/mol. The molecule has 3 aromatic rings. The third-order valence-corrected chi connectivity index (χ3v) is 5.35. The lowest BCUT2D eigenvalue weighted by Gasteiger charge is -2.16. The summed E-state index contributed by atoms with van der Waals surface area (Å²) in [5, 5.41) is 7.45. The molecule has 0 aliphatic heterocycles. The highest BCUT2D eigenvalue weighted by Crippen LogP contribution is 2.20. The van der Waals surface area contributed by atoms with Gasteiger partial charge in [-0.05, 0) is 42.0 Å². The molecule has 1 aromatic carbocycles. The quantitative estimate of drug-likeness (QED) is 0.554. The van der Waals surface area contributed by atoms with Crippen LogP contribution in [0.2, 0.25) is 0 Å². The predicted octanol–water partition coefficient (Wildman–Crippen LogP) is 2.96. The Morgan fingerprint density at radius 1 is 1.27 bits per heavy atom. The van der Waals surface area contributed by atoms with Gasteiger partial charge in [-0.3, -0.25) is 9.59 Å². The number of hydrogen-bond acceptors (Lipinski definition) is 5. The van der Waals surface area contributed by atoms with Gasteiger partial charge >= 0.3 is 0 Å². The Kier molecular flexibility index (Phi) is 6.30. The van der Waals surface area contributed by atoms with E-state index >= 15 is 0 Å². The van der Waals surface area contributed by atoms with Gasteiger partial charge in [-0.1, -0.05) is 18.2 Å². The number of para-hydroxylation sites is 2. The van der Waals surface area contributed by atoms with E-state index in [1.807, 2.05) is 35.9 Å². The number of nitrogens with zero attached hydrogens (tertiary/aromatic N) is 1. The van der Waals surface area contributed by atoms with Crippen molar-refractivity contribution in [2.75, 3.05) is 18.6 Å². The molecule has 0 saturated heterocycles. The average molecular weight is 389 g/mol. The molecule has 0 unspecified atom stereocenters. The number of aromatic amines is 1. The number of carbonyl (C=O) groups excluding carboxylic acids is 2. The van der Waals surface area contributed by atoms with E-state index in [0.717, 1.165) is 29.0 Å². The normalized spacial score (nSPS) is 12.0. The molecule has 136 valence electrons. The van der Waals surface area contributed by atoms with Gasteiger partial charge in [0.05, 0.1) is 28.5 Å². The smallest absolute Gasteiger partial charge is 0.261 e. The van der Waals surface area contributed by atoms with Gasteiger partial charge in [0.2, 0.25) is 5.91 Å². The maximum Gasteiger partial charge on any atom is 0.261 e. The summed E-state index contributed by atoms with van der Waals surface area (Å²) in [5.74, 6) is 1.16. The minimum absolute atomic E-state index is 0.0628. The molecule has 6 nitrogen and oxygen atoms in total. The summed E-state index contributed by atoms with van der Waals surface area (Å²) in [4.78, 5) is 32.7. The lowest BCUT2D eigenvalue weighted by atomic mass is 10.2. The molecule has 0 aliphatic carbocycles. The van der Waals surface area contributed by atoms with Crippen LogP contribution in [-0.2, 0) is 4.79 Å². The molecule has 3 rings (SSSR count). The molecular weight excluding hydrogens is 368 g/mol. The monoisotopic (exact) mass is 388 g/mol. The number of carbonyl (C=O) groups is 2. The second-order valence-corrected chi connectivity index (χ2v) is 7.63. The van der Waals surface area contributed by atoms with Gasteiger partial charge in [-0.25, -0.2) is 4.98 Å². The number of rotatable bonds is 8. The van der Waals surface area contributed by atoms with Crippen LogP contribution in [0.4, 0.5) is 0 Å². The SMILES string of the molecule is CSCC[C@@H](NC(=O)CNC(=O)c1cccs1)c1nc2ccccc2[nH]1. The number of fused-ring (bicyclic) bond motifs is 1. The summed E-state index contributed by atoms with van der Waals surface area (Å²) in [5.41, 5.74) is 1.81. The Labute approximate surface area is 159 Å². The molecule has 0 fully saturated rings. The first-order valence-electron chi connectivity index (χ1n) is 8.22. The molecule has 0 spiro atoms. The molecule has 8 heteroatoms. The van der Waals surface area contributed by atoms with Gasteiger partial charge in [0.1, 0.15) is 5.82 Å². The molecule has 0 radical (unpaired) electrons. The van der Waals surface area contributed by atoms with Crippen molar-refractivity contribution in [3.63, 3.8) is 0 Å². The topological polar surface area (TPSA) is 86.9 Å². The van der Waals surface area contributed by atoms with Crippen LogP contribution in [0.1, 0.15) is 28.0 Å². The second-order valence-electron chi connectivity index (χ2n) is 5.70. The highest BCUT2D eigenvalue weighted by atomic mass is 32.2. The summed E-state index contributed by atoms with van der Waals surface area (Å²) in [6, 6.07) is 11.1. The van der Waals surface area contributed by atoms with Gasteiger partial charge in [0.25, 0.3) is 5.91 Å². The highest BCUT2D eigenvalue weighted by molar-refractivity contribution is 7.98. The van der Waals surface area contributed by atoms with Crippen molar-refractivity contribution < 1.29 is 9.59 Å². The Balaban J connectivity index is 1.63. The average Bonchev–Trinajstić information content (AvgIpc) is 3.32. The number of nitrogens with one attached hydrogen (secondary N) is 3. The molecule has 2 aromatic heterocycles. The standard InChI is InChI=1S/C18H20N4O2S2/c1-25-10-8-14(17-21-12-5-2-3-6-13(12)22-17)20-16(23)11-19-18(24)15-7-4-9-26-15/h2-7,9,14H,8,10-11H2,1H3,(H,19,24)(H,20,23)(H,21,22)/t14-/m1/s1. The van der Waals surface area contributed by atoms with Crippen LogP contribution in [0.5, 0.6) is 0 Å². The van der Waals surface area contributed by atoms with E-state index in [9.17, 15) is 9.59 Å². The van der Waals surface area contributed by atoms with Crippen LogP contribution in [0, 0.1) is 0 Å². The van der Waals surface area contributed by atoms with Crippen LogP contribution in [-0.4, -0.2) is 40.3 Å². The number of thioether (sulfide) groups is 1.